The van der Waals surface area contributed by atoms with E-state index in [-0.39, 0.29) is 0 Å². The first-order valence-electron chi connectivity index (χ1n) is 3.69. The number of hydrogen-bond acceptors (Lipinski definition) is 1. The molecule has 0 aromatic heterocycles. The minimum atomic E-state index is -1.44. The van der Waals surface area contributed by atoms with Crippen molar-refractivity contribution >= 4 is 0 Å². The Morgan fingerprint density at radius 3 is 2.17 bits per heavy atom. The standard InChI is InChI=1S/C9H10F2O/c1-6(12)9(11)7-2-4-8(10)5-3-7/h2-6,9,12H,1H3. The normalized spacial score (nSPS) is 15.7. The Kier molecular flexibility index (Phi) is 2.76. The third-order valence-corrected chi connectivity index (χ3v) is 1.61. The molecular weight excluding hydrogens is 162 g/mol. The van der Waals surface area contributed by atoms with Crippen LogP contribution in [0.3, 0.4) is 0 Å². The van der Waals surface area contributed by atoms with Crippen molar-refractivity contribution in [1.82, 2.24) is 0 Å². The molecule has 3 heteroatoms. The number of alkyl halides is 1. The molecule has 1 N–H and O–H groups in total. The van der Waals surface area contributed by atoms with Crippen LogP contribution >= 0.6 is 0 Å². The molecular formula is C9H10F2O. The molecule has 1 aromatic carbocycles. The molecule has 1 nitrogen and oxygen atoms in total. The highest BCUT2D eigenvalue weighted by molar-refractivity contribution is 5.19. The summed E-state index contributed by atoms with van der Waals surface area (Å²) in [6.07, 6.45) is -2.50. The molecule has 0 heterocycles. The molecule has 2 unspecified atom stereocenters. The van der Waals surface area contributed by atoms with E-state index in [4.69, 9.17) is 5.11 Å². The highest BCUT2D eigenvalue weighted by Crippen LogP contribution is 2.20. The summed E-state index contributed by atoms with van der Waals surface area (Å²) in [5.41, 5.74) is 0.298. The van der Waals surface area contributed by atoms with Crippen molar-refractivity contribution in [2.45, 2.75) is 19.2 Å². The van der Waals surface area contributed by atoms with Crippen LogP contribution in [-0.2, 0) is 0 Å². The average Bonchev–Trinajstić information content (AvgIpc) is 2.04. The van der Waals surface area contributed by atoms with E-state index in [9.17, 15) is 8.78 Å². The Balaban J connectivity index is 2.82. The second-order valence-corrected chi connectivity index (χ2v) is 2.69. The van der Waals surface area contributed by atoms with Crippen LogP contribution in [0.5, 0.6) is 0 Å². The van der Waals surface area contributed by atoms with Crippen LogP contribution in [0.4, 0.5) is 8.78 Å². The lowest BCUT2D eigenvalue weighted by Gasteiger charge is -2.10. The molecule has 0 aliphatic rings. The predicted molar refractivity (Wildman–Crippen MR) is 41.9 cm³/mol. The fourth-order valence-electron chi connectivity index (χ4n) is 0.925. The topological polar surface area (TPSA) is 20.2 Å². The summed E-state index contributed by atoms with van der Waals surface area (Å²) in [5.74, 6) is -0.406. The minimum Gasteiger partial charge on any atom is -0.390 e. The van der Waals surface area contributed by atoms with Crippen molar-refractivity contribution in [2.24, 2.45) is 0 Å². The molecule has 1 rings (SSSR count). The van der Waals surface area contributed by atoms with Gasteiger partial charge in [-0.3, -0.25) is 0 Å². The van der Waals surface area contributed by atoms with Crippen molar-refractivity contribution in [1.29, 1.82) is 0 Å². The largest absolute Gasteiger partial charge is 0.390 e. The van der Waals surface area contributed by atoms with Gasteiger partial charge in [0.2, 0.25) is 0 Å². The van der Waals surface area contributed by atoms with E-state index in [0.717, 1.165) is 0 Å². The van der Waals surface area contributed by atoms with Crippen molar-refractivity contribution in [3.63, 3.8) is 0 Å². The molecule has 0 aliphatic heterocycles. The highest BCUT2D eigenvalue weighted by atomic mass is 19.1. The van der Waals surface area contributed by atoms with E-state index < -0.39 is 18.1 Å². The van der Waals surface area contributed by atoms with Crippen molar-refractivity contribution < 1.29 is 13.9 Å². The zero-order valence-corrected chi connectivity index (χ0v) is 6.67. The second-order valence-electron chi connectivity index (χ2n) is 2.69. The van der Waals surface area contributed by atoms with Crippen LogP contribution in [0.1, 0.15) is 18.7 Å². The minimum absolute atomic E-state index is 0.298. The quantitative estimate of drug-likeness (QED) is 0.725. The van der Waals surface area contributed by atoms with E-state index in [1.54, 1.807) is 0 Å². The van der Waals surface area contributed by atoms with E-state index in [1.165, 1.54) is 31.2 Å². The second kappa shape index (κ2) is 3.63. The zero-order valence-electron chi connectivity index (χ0n) is 6.67. The molecule has 0 aliphatic carbocycles. The van der Waals surface area contributed by atoms with Crippen LogP contribution in [0.2, 0.25) is 0 Å². The van der Waals surface area contributed by atoms with E-state index in [1.807, 2.05) is 0 Å². The molecule has 1 aromatic rings. The van der Waals surface area contributed by atoms with Crippen molar-refractivity contribution in [3.05, 3.63) is 35.6 Å². The number of rotatable bonds is 2. The molecule has 2 atom stereocenters. The molecule has 0 spiro atoms. The van der Waals surface area contributed by atoms with Crippen LogP contribution in [0, 0.1) is 5.82 Å². The summed E-state index contributed by atoms with van der Waals surface area (Å²) in [7, 11) is 0. The van der Waals surface area contributed by atoms with Crippen LogP contribution in [-0.4, -0.2) is 11.2 Å². The lowest BCUT2D eigenvalue weighted by Crippen LogP contribution is -2.09. The molecule has 12 heavy (non-hydrogen) atoms. The van der Waals surface area contributed by atoms with Gasteiger partial charge in [-0.25, -0.2) is 8.78 Å². The van der Waals surface area contributed by atoms with Gasteiger partial charge in [0.15, 0.2) is 6.17 Å². The monoisotopic (exact) mass is 172 g/mol. The fraction of sp³-hybridized carbons (Fsp3) is 0.333. The van der Waals surface area contributed by atoms with Gasteiger partial charge in [0.25, 0.3) is 0 Å². The first-order valence-corrected chi connectivity index (χ1v) is 3.69. The first kappa shape index (κ1) is 9.13. The van der Waals surface area contributed by atoms with Crippen LogP contribution in [0.15, 0.2) is 24.3 Å². The van der Waals surface area contributed by atoms with E-state index in [0.29, 0.717) is 5.56 Å². The summed E-state index contributed by atoms with van der Waals surface area (Å²) >= 11 is 0. The van der Waals surface area contributed by atoms with Crippen LogP contribution < -0.4 is 0 Å². The van der Waals surface area contributed by atoms with Gasteiger partial charge >= 0.3 is 0 Å². The van der Waals surface area contributed by atoms with Gasteiger partial charge in [-0.2, -0.15) is 0 Å². The predicted octanol–water partition coefficient (Wildman–Crippen LogP) is 2.22. The van der Waals surface area contributed by atoms with Gasteiger partial charge < -0.3 is 5.11 Å². The third-order valence-electron chi connectivity index (χ3n) is 1.61. The number of aliphatic hydroxyl groups excluding tert-OH is 1. The van der Waals surface area contributed by atoms with Gasteiger partial charge in [-0.05, 0) is 24.6 Å². The summed E-state index contributed by atoms with van der Waals surface area (Å²) in [6, 6.07) is 4.99. The number of hydrogen-bond donors (Lipinski definition) is 1. The molecule has 66 valence electrons. The maximum Gasteiger partial charge on any atom is 0.151 e. The van der Waals surface area contributed by atoms with E-state index in [2.05, 4.69) is 0 Å². The summed E-state index contributed by atoms with van der Waals surface area (Å²) in [4.78, 5) is 0. The maximum atomic E-state index is 13.0. The van der Waals surface area contributed by atoms with Gasteiger partial charge in [-0.1, -0.05) is 12.1 Å². The maximum absolute atomic E-state index is 13.0. The Labute approximate surface area is 69.7 Å². The van der Waals surface area contributed by atoms with E-state index >= 15 is 0 Å². The Morgan fingerprint density at radius 1 is 1.25 bits per heavy atom. The number of benzene rings is 1. The molecule has 0 saturated carbocycles. The molecule has 0 radical (unpaired) electrons. The highest BCUT2D eigenvalue weighted by Gasteiger charge is 2.15. The van der Waals surface area contributed by atoms with Crippen molar-refractivity contribution in [2.75, 3.05) is 0 Å². The number of halogens is 2. The zero-order chi connectivity index (χ0) is 9.14. The average molecular weight is 172 g/mol. The van der Waals surface area contributed by atoms with Crippen LogP contribution in [0.25, 0.3) is 0 Å². The van der Waals surface area contributed by atoms with Gasteiger partial charge in [-0.15, -0.1) is 0 Å². The Hall–Kier alpha value is -0.960. The Morgan fingerprint density at radius 2 is 1.75 bits per heavy atom. The van der Waals surface area contributed by atoms with Gasteiger partial charge in [0.05, 0.1) is 6.10 Å². The summed E-state index contributed by atoms with van der Waals surface area (Å²) in [6.45, 7) is 1.36. The lowest BCUT2D eigenvalue weighted by atomic mass is 10.1. The van der Waals surface area contributed by atoms with Gasteiger partial charge in [0, 0.05) is 0 Å². The lowest BCUT2D eigenvalue weighted by molar-refractivity contribution is 0.0933. The van der Waals surface area contributed by atoms with Gasteiger partial charge in [0.1, 0.15) is 5.82 Å². The molecule has 0 amide bonds. The van der Waals surface area contributed by atoms with Crippen molar-refractivity contribution in [3.8, 4) is 0 Å². The number of aliphatic hydroxyl groups is 1. The molecule has 0 bridgehead atoms. The SMILES string of the molecule is CC(O)C(F)c1ccc(F)cc1. The first-order chi connectivity index (χ1) is 5.61. The fourth-order valence-corrected chi connectivity index (χ4v) is 0.925. The summed E-state index contributed by atoms with van der Waals surface area (Å²) in [5, 5.41) is 8.87. The molecule has 0 fully saturated rings. The Bertz CT molecular complexity index is 243. The smallest absolute Gasteiger partial charge is 0.151 e. The molecule has 0 saturated heterocycles. The summed E-state index contributed by atoms with van der Waals surface area (Å²) < 4.78 is 25.4. The third kappa shape index (κ3) is 2.01.